The number of nitrogens with zero attached hydrogens (tertiary/aromatic N) is 2. The third kappa shape index (κ3) is 3.43. The lowest BCUT2D eigenvalue weighted by Crippen LogP contribution is -2.33. The van der Waals surface area contributed by atoms with Crippen LogP contribution in [0.1, 0.15) is 37.9 Å². The standard InChI is InChI=1S/C14H23N3O/c1-11(15)14-7-6-12(9-16-14)17(2)10-13-5-3-4-8-18-13/h6-7,9,11,13H,3-5,8,10,15H2,1-2H3. The summed E-state index contributed by atoms with van der Waals surface area (Å²) in [6.07, 6.45) is 5.89. The largest absolute Gasteiger partial charge is 0.376 e. The van der Waals surface area contributed by atoms with Gasteiger partial charge in [-0.2, -0.15) is 0 Å². The highest BCUT2D eigenvalue weighted by Gasteiger charge is 2.16. The van der Waals surface area contributed by atoms with Crippen LogP contribution in [0.5, 0.6) is 0 Å². The van der Waals surface area contributed by atoms with Gasteiger partial charge in [-0.05, 0) is 38.3 Å². The van der Waals surface area contributed by atoms with Crippen LogP contribution >= 0.6 is 0 Å². The summed E-state index contributed by atoms with van der Waals surface area (Å²) in [7, 11) is 2.08. The third-order valence-electron chi connectivity index (χ3n) is 3.43. The Hall–Kier alpha value is -1.13. The van der Waals surface area contributed by atoms with Crippen LogP contribution in [0.2, 0.25) is 0 Å². The molecule has 2 atom stereocenters. The van der Waals surface area contributed by atoms with Crippen LogP contribution in [0, 0.1) is 0 Å². The van der Waals surface area contributed by atoms with Crippen molar-refractivity contribution >= 4 is 5.69 Å². The molecule has 100 valence electrons. The van der Waals surface area contributed by atoms with Crippen LogP contribution < -0.4 is 10.6 Å². The first kappa shape index (κ1) is 13.3. The van der Waals surface area contributed by atoms with E-state index in [4.69, 9.17) is 10.5 Å². The number of hydrogen-bond acceptors (Lipinski definition) is 4. The lowest BCUT2D eigenvalue weighted by molar-refractivity contribution is 0.0216. The van der Waals surface area contributed by atoms with E-state index in [1.807, 2.05) is 19.2 Å². The second kappa shape index (κ2) is 6.16. The molecule has 1 aromatic heterocycles. The predicted octanol–water partition coefficient (Wildman–Crippen LogP) is 2.11. The van der Waals surface area contributed by atoms with Gasteiger partial charge in [-0.1, -0.05) is 0 Å². The highest BCUT2D eigenvalue weighted by molar-refractivity contribution is 5.44. The second-order valence-electron chi connectivity index (χ2n) is 5.10. The Morgan fingerprint density at radius 1 is 1.50 bits per heavy atom. The molecule has 2 rings (SSSR count). The summed E-state index contributed by atoms with van der Waals surface area (Å²) < 4.78 is 5.75. The Labute approximate surface area is 109 Å². The van der Waals surface area contributed by atoms with Gasteiger partial charge in [0.15, 0.2) is 0 Å². The molecule has 1 fully saturated rings. The Morgan fingerprint density at radius 3 is 2.89 bits per heavy atom. The first-order valence-corrected chi connectivity index (χ1v) is 6.71. The number of hydrogen-bond donors (Lipinski definition) is 1. The van der Waals surface area contributed by atoms with E-state index in [9.17, 15) is 0 Å². The zero-order valence-electron chi connectivity index (χ0n) is 11.3. The van der Waals surface area contributed by atoms with Crippen molar-refractivity contribution < 1.29 is 4.74 Å². The number of anilines is 1. The molecule has 1 aliphatic rings. The van der Waals surface area contributed by atoms with Gasteiger partial charge >= 0.3 is 0 Å². The van der Waals surface area contributed by atoms with Crippen molar-refractivity contribution in [3.05, 3.63) is 24.0 Å². The molecule has 4 heteroatoms. The topological polar surface area (TPSA) is 51.4 Å². The molecule has 1 saturated heterocycles. The van der Waals surface area contributed by atoms with E-state index >= 15 is 0 Å². The van der Waals surface area contributed by atoms with Crippen molar-refractivity contribution in [2.24, 2.45) is 5.73 Å². The number of pyridine rings is 1. The predicted molar refractivity (Wildman–Crippen MR) is 73.7 cm³/mol. The summed E-state index contributed by atoms with van der Waals surface area (Å²) in [5.41, 5.74) is 7.84. The number of aromatic nitrogens is 1. The van der Waals surface area contributed by atoms with Crippen molar-refractivity contribution in [3.8, 4) is 0 Å². The summed E-state index contributed by atoms with van der Waals surface area (Å²) in [4.78, 5) is 6.59. The molecule has 0 bridgehead atoms. The van der Waals surface area contributed by atoms with Gasteiger partial charge in [0.25, 0.3) is 0 Å². The Morgan fingerprint density at radius 2 is 2.33 bits per heavy atom. The van der Waals surface area contributed by atoms with Crippen LogP contribution in [-0.2, 0) is 4.74 Å². The van der Waals surface area contributed by atoms with E-state index in [0.29, 0.717) is 6.10 Å². The maximum atomic E-state index is 5.79. The molecule has 0 spiro atoms. The molecule has 18 heavy (non-hydrogen) atoms. The fourth-order valence-corrected chi connectivity index (χ4v) is 2.25. The highest BCUT2D eigenvalue weighted by atomic mass is 16.5. The average Bonchev–Trinajstić information content (AvgIpc) is 2.40. The van der Waals surface area contributed by atoms with Crippen molar-refractivity contribution in [2.45, 2.75) is 38.3 Å². The van der Waals surface area contributed by atoms with Gasteiger partial charge in [0.2, 0.25) is 0 Å². The monoisotopic (exact) mass is 249 g/mol. The summed E-state index contributed by atoms with van der Waals surface area (Å²) in [5, 5.41) is 0. The zero-order chi connectivity index (χ0) is 13.0. The lowest BCUT2D eigenvalue weighted by atomic mass is 10.1. The van der Waals surface area contributed by atoms with Crippen molar-refractivity contribution in [2.75, 3.05) is 25.1 Å². The molecule has 4 nitrogen and oxygen atoms in total. The number of rotatable bonds is 4. The van der Waals surface area contributed by atoms with E-state index in [0.717, 1.165) is 31.0 Å². The molecule has 2 heterocycles. The minimum atomic E-state index is -0.00830. The minimum absolute atomic E-state index is 0.00830. The Kier molecular flexibility index (Phi) is 4.55. The summed E-state index contributed by atoms with van der Waals surface area (Å²) in [6, 6.07) is 4.07. The minimum Gasteiger partial charge on any atom is -0.376 e. The molecule has 0 aliphatic carbocycles. The molecule has 0 saturated carbocycles. The quantitative estimate of drug-likeness (QED) is 0.888. The first-order valence-electron chi connectivity index (χ1n) is 6.71. The van der Waals surface area contributed by atoms with Crippen LogP contribution in [0.4, 0.5) is 5.69 Å². The normalized spacial score (nSPS) is 21.6. The van der Waals surface area contributed by atoms with Gasteiger partial charge in [0, 0.05) is 26.2 Å². The maximum absolute atomic E-state index is 5.79. The van der Waals surface area contributed by atoms with E-state index in [2.05, 4.69) is 23.0 Å². The van der Waals surface area contributed by atoms with Gasteiger partial charge in [-0.15, -0.1) is 0 Å². The van der Waals surface area contributed by atoms with Gasteiger partial charge in [0.05, 0.1) is 23.7 Å². The molecule has 0 amide bonds. The van der Waals surface area contributed by atoms with Crippen LogP contribution in [0.25, 0.3) is 0 Å². The number of likely N-dealkylation sites (N-methyl/N-ethyl adjacent to an activating group) is 1. The van der Waals surface area contributed by atoms with Crippen LogP contribution in [0.15, 0.2) is 18.3 Å². The molecule has 1 aromatic rings. The highest BCUT2D eigenvalue weighted by Crippen LogP contribution is 2.18. The molecular formula is C14H23N3O. The van der Waals surface area contributed by atoms with E-state index < -0.39 is 0 Å². The third-order valence-corrected chi connectivity index (χ3v) is 3.43. The van der Waals surface area contributed by atoms with Gasteiger partial charge < -0.3 is 15.4 Å². The smallest absolute Gasteiger partial charge is 0.0749 e. The molecule has 2 N–H and O–H groups in total. The van der Waals surface area contributed by atoms with Crippen LogP contribution in [-0.4, -0.2) is 31.3 Å². The number of ether oxygens (including phenoxy) is 1. The molecule has 2 unspecified atom stereocenters. The molecule has 1 aliphatic heterocycles. The van der Waals surface area contributed by atoms with Crippen LogP contribution in [0.3, 0.4) is 0 Å². The SMILES string of the molecule is CC(N)c1ccc(N(C)CC2CCCCO2)cn1. The first-order chi connectivity index (χ1) is 8.66. The summed E-state index contributed by atoms with van der Waals surface area (Å²) >= 11 is 0. The maximum Gasteiger partial charge on any atom is 0.0749 e. The molecule has 0 aromatic carbocycles. The fourth-order valence-electron chi connectivity index (χ4n) is 2.25. The zero-order valence-corrected chi connectivity index (χ0v) is 11.3. The van der Waals surface area contributed by atoms with Crippen molar-refractivity contribution in [1.82, 2.24) is 4.98 Å². The van der Waals surface area contributed by atoms with Crippen molar-refractivity contribution in [3.63, 3.8) is 0 Å². The van der Waals surface area contributed by atoms with Gasteiger partial charge in [-0.3, -0.25) is 4.98 Å². The summed E-state index contributed by atoms with van der Waals surface area (Å²) in [5.74, 6) is 0. The fraction of sp³-hybridized carbons (Fsp3) is 0.643. The van der Waals surface area contributed by atoms with Crippen molar-refractivity contribution in [1.29, 1.82) is 0 Å². The van der Waals surface area contributed by atoms with Gasteiger partial charge in [-0.25, -0.2) is 0 Å². The van der Waals surface area contributed by atoms with Gasteiger partial charge in [0.1, 0.15) is 0 Å². The van der Waals surface area contributed by atoms with E-state index in [-0.39, 0.29) is 6.04 Å². The molecular weight excluding hydrogens is 226 g/mol. The van der Waals surface area contributed by atoms with E-state index in [1.54, 1.807) is 0 Å². The summed E-state index contributed by atoms with van der Waals surface area (Å²) in [6.45, 7) is 3.78. The van der Waals surface area contributed by atoms with E-state index in [1.165, 1.54) is 12.8 Å². The average molecular weight is 249 g/mol. The lowest BCUT2D eigenvalue weighted by Gasteiger charge is -2.28. The number of nitrogens with two attached hydrogens (primary N) is 1. The Bertz CT molecular complexity index is 358. The molecule has 0 radical (unpaired) electrons. The second-order valence-corrected chi connectivity index (χ2v) is 5.10. The Balaban J connectivity index is 1.93.